The molecule has 0 fully saturated rings. The van der Waals surface area contributed by atoms with Crippen LogP contribution in [-0.2, 0) is 0 Å². The Labute approximate surface area is 128 Å². The predicted molar refractivity (Wildman–Crippen MR) is 88.0 cm³/mol. The predicted octanol–water partition coefficient (Wildman–Crippen LogP) is 4.50. The smallest absolute Gasteiger partial charge is 0.140 e. The molecule has 1 unspecified atom stereocenters. The molecule has 0 aliphatic carbocycles. The molecular formula is C19H14OS. The SMILES string of the molecule is OC(C#Cc1cccs1)c1ccc(-c2ccccc2)cc1. The van der Waals surface area contributed by atoms with Crippen LogP contribution in [0.3, 0.4) is 0 Å². The average molecular weight is 290 g/mol. The standard InChI is InChI=1S/C19H14OS/c20-19(13-12-18-7-4-14-21-18)17-10-8-16(9-11-17)15-5-2-1-3-6-15/h1-11,14,19-20H. The summed E-state index contributed by atoms with van der Waals surface area (Å²) in [5.41, 5.74) is 3.12. The van der Waals surface area contributed by atoms with Gasteiger partial charge >= 0.3 is 0 Å². The van der Waals surface area contributed by atoms with Gasteiger partial charge in [-0.25, -0.2) is 0 Å². The van der Waals surface area contributed by atoms with Gasteiger partial charge in [0.15, 0.2) is 0 Å². The Balaban J connectivity index is 1.78. The Morgan fingerprint density at radius 1 is 0.810 bits per heavy atom. The van der Waals surface area contributed by atoms with Gasteiger partial charge in [0.25, 0.3) is 0 Å². The number of benzene rings is 2. The lowest BCUT2D eigenvalue weighted by Gasteiger charge is -2.06. The van der Waals surface area contributed by atoms with Crippen molar-refractivity contribution in [1.29, 1.82) is 0 Å². The Morgan fingerprint density at radius 2 is 1.52 bits per heavy atom. The molecule has 102 valence electrons. The molecule has 1 aromatic heterocycles. The lowest BCUT2D eigenvalue weighted by molar-refractivity contribution is 0.238. The van der Waals surface area contributed by atoms with Crippen molar-refractivity contribution in [2.75, 3.05) is 0 Å². The second-order valence-electron chi connectivity index (χ2n) is 4.64. The van der Waals surface area contributed by atoms with E-state index in [0.29, 0.717) is 0 Å². The van der Waals surface area contributed by atoms with Crippen LogP contribution in [0.4, 0.5) is 0 Å². The quantitative estimate of drug-likeness (QED) is 0.689. The third-order valence-electron chi connectivity index (χ3n) is 3.19. The van der Waals surface area contributed by atoms with Crippen molar-refractivity contribution < 1.29 is 5.11 Å². The number of hydrogen-bond donors (Lipinski definition) is 1. The van der Waals surface area contributed by atoms with Gasteiger partial charge in [-0.05, 0) is 28.1 Å². The summed E-state index contributed by atoms with van der Waals surface area (Å²) >= 11 is 1.58. The van der Waals surface area contributed by atoms with E-state index < -0.39 is 6.10 Å². The highest BCUT2D eigenvalue weighted by molar-refractivity contribution is 7.10. The van der Waals surface area contributed by atoms with Gasteiger partial charge in [0.2, 0.25) is 0 Å². The minimum atomic E-state index is -0.753. The molecule has 3 rings (SSSR count). The van der Waals surface area contributed by atoms with Gasteiger partial charge in [-0.3, -0.25) is 0 Å². The third kappa shape index (κ3) is 3.41. The maximum absolute atomic E-state index is 10.1. The first kappa shape index (κ1) is 13.6. The summed E-state index contributed by atoms with van der Waals surface area (Å²) in [6.07, 6.45) is -0.753. The molecule has 0 aliphatic rings. The fourth-order valence-corrected chi connectivity index (χ4v) is 2.64. The Kier molecular flexibility index (Phi) is 4.16. The van der Waals surface area contributed by atoms with Crippen molar-refractivity contribution in [2.24, 2.45) is 0 Å². The van der Waals surface area contributed by atoms with Gasteiger partial charge in [-0.2, -0.15) is 0 Å². The molecule has 2 heteroatoms. The highest BCUT2D eigenvalue weighted by Crippen LogP contribution is 2.21. The van der Waals surface area contributed by atoms with Crippen molar-refractivity contribution in [1.82, 2.24) is 0 Å². The molecule has 0 amide bonds. The van der Waals surface area contributed by atoms with E-state index >= 15 is 0 Å². The zero-order valence-electron chi connectivity index (χ0n) is 11.4. The summed E-state index contributed by atoms with van der Waals surface area (Å²) in [5, 5.41) is 12.1. The van der Waals surface area contributed by atoms with Crippen molar-refractivity contribution in [3.05, 3.63) is 82.6 Å². The van der Waals surface area contributed by atoms with Crippen LogP contribution in [0.5, 0.6) is 0 Å². The number of hydrogen-bond acceptors (Lipinski definition) is 2. The molecule has 2 aromatic carbocycles. The molecule has 21 heavy (non-hydrogen) atoms. The highest BCUT2D eigenvalue weighted by Gasteiger charge is 2.04. The molecule has 0 bridgehead atoms. The van der Waals surface area contributed by atoms with Gasteiger partial charge in [-0.15, -0.1) is 11.3 Å². The zero-order valence-corrected chi connectivity index (χ0v) is 12.2. The maximum Gasteiger partial charge on any atom is 0.140 e. The monoisotopic (exact) mass is 290 g/mol. The largest absolute Gasteiger partial charge is 0.376 e. The maximum atomic E-state index is 10.1. The van der Waals surface area contributed by atoms with Crippen molar-refractivity contribution in [2.45, 2.75) is 6.10 Å². The lowest BCUT2D eigenvalue weighted by Crippen LogP contribution is -1.93. The molecule has 1 nitrogen and oxygen atoms in total. The summed E-state index contributed by atoms with van der Waals surface area (Å²) in [4.78, 5) is 0.968. The van der Waals surface area contributed by atoms with Crippen LogP contribution in [0.2, 0.25) is 0 Å². The van der Waals surface area contributed by atoms with Gasteiger partial charge in [0.05, 0.1) is 4.88 Å². The van der Waals surface area contributed by atoms with Gasteiger partial charge < -0.3 is 5.11 Å². The molecule has 1 N–H and O–H groups in total. The first-order valence-corrected chi connectivity index (χ1v) is 7.59. The van der Waals surface area contributed by atoms with E-state index in [4.69, 9.17) is 0 Å². The molecule has 0 spiro atoms. The van der Waals surface area contributed by atoms with Gasteiger partial charge in [0.1, 0.15) is 6.10 Å². The summed E-state index contributed by atoms with van der Waals surface area (Å²) in [6, 6.07) is 22.0. The second-order valence-corrected chi connectivity index (χ2v) is 5.58. The van der Waals surface area contributed by atoms with Crippen molar-refractivity contribution in [3.63, 3.8) is 0 Å². The fourth-order valence-electron chi connectivity index (χ4n) is 2.06. The van der Waals surface area contributed by atoms with E-state index in [1.807, 2.05) is 60.0 Å². The van der Waals surface area contributed by atoms with Crippen LogP contribution in [0.1, 0.15) is 16.5 Å². The second kappa shape index (κ2) is 6.41. The Morgan fingerprint density at radius 3 is 2.19 bits per heavy atom. The number of rotatable bonds is 2. The van der Waals surface area contributed by atoms with Crippen molar-refractivity contribution in [3.8, 4) is 23.0 Å². The summed E-state index contributed by atoms with van der Waals surface area (Å²) in [5.74, 6) is 5.86. The van der Waals surface area contributed by atoms with Gasteiger partial charge in [0, 0.05) is 0 Å². The number of aliphatic hydroxyl groups excluding tert-OH is 1. The molecule has 3 aromatic rings. The van der Waals surface area contributed by atoms with E-state index in [-0.39, 0.29) is 0 Å². The van der Waals surface area contributed by atoms with E-state index in [0.717, 1.165) is 16.0 Å². The third-order valence-corrected chi connectivity index (χ3v) is 3.97. The molecule has 1 heterocycles. The molecular weight excluding hydrogens is 276 g/mol. The summed E-state index contributed by atoms with van der Waals surface area (Å²) < 4.78 is 0. The topological polar surface area (TPSA) is 20.2 Å². The van der Waals surface area contributed by atoms with E-state index in [1.54, 1.807) is 11.3 Å². The Bertz CT molecular complexity index is 747. The van der Waals surface area contributed by atoms with Crippen LogP contribution in [0.25, 0.3) is 11.1 Å². The lowest BCUT2D eigenvalue weighted by atomic mass is 10.0. The summed E-state index contributed by atoms with van der Waals surface area (Å²) in [7, 11) is 0. The average Bonchev–Trinajstić information content (AvgIpc) is 3.07. The number of aliphatic hydroxyl groups is 1. The molecule has 0 aliphatic heterocycles. The van der Waals surface area contributed by atoms with E-state index in [1.165, 1.54) is 5.56 Å². The summed E-state index contributed by atoms with van der Waals surface area (Å²) in [6.45, 7) is 0. The van der Waals surface area contributed by atoms with E-state index in [9.17, 15) is 5.11 Å². The molecule has 0 radical (unpaired) electrons. The molecule has 0 saturated carbocycles. The van der Waals surface area contributed by atoms with Crippen LogP contribution in [0.15, 0.2) is 72.1 Å². The van der Waals surface area contributed by atoms with Gasteiger partial charge in [-0.1, -0.05) is 72.5 Å². The zero-order chi connectivity index (χ0) is 14.5. The molecule has 0 saturated heterocycles. The van der Waals surface area contributed by atoms with E-state index in [2.05, 4.69) is 24.0 Å². The minimum Gasteiger partial charge on any atom is -0.376 e. The normalized spacial score (nSPS) is 11.5. The van der Waals surface area contributed by atoms with Crippen LogP contribution in [-0.4, -0.2) is 5.11 Å². The van der Waals surface area contributed by atoms with Crippen LogP contribution in [0, 0.1) is 11.8 Å². The Hall–Kier alpha value is -2.34. The van der Waals surface area contributed by atoms with Crippen LogP contribution >= 0.6 is 11.3 Å². The fraction of sp³-hybridized carbons (Fsp3) is 0.0526. The number of thiophene rings is 1. The van der Waals surface area contributed by atoms with Crippen LogP contribution < -0.4 is 0 Å². The first-order valence-electron chi connectivity index (χ1n) is 6.71. The minimum absolute atomic E-state index is 0.753. The van der Waals surface area contributed by atoms with Crippen molar-refractivity contribution >= 4 is 11.3 Å². The first-order chi connectivity index (χ1) is 10.3. The molecule has 1 atom stereocenters. The highest BCUT2D eigenvalue weighted by atomic mass is 32.1.